The first kappa shape index (κ1) is 65.9. The summed E-state index contributed by atoms with van der Waals surface area (Å²) in [7, 11) is -10.8. The van der Waals surface area contributed by atoms with Crippen molar-refractivity contribution >= 4 is 27.6 Å². The minimum atomic E-state index is -5.41. The lowest BCUT2D eigenvalue weighted by Gasteiger charge is -2.43. The van der Waals surface area contributed by atoms with Crippen LogP contribution in [0.1, 0.15) is 142 Å². The Morgan fingerprint density at radius 3 is 1.44 bits per heavy atom. The van der Waals surface area contributed by atoms with Crippen LogP contribution in [0.3, 0.4) is 0 Å². The molecular weight excluding hydrogens is 962 g/mol. The van der Waals surface area contributed by atoms with E-state index < -0.39 is 95.7 Å². The van der Waals surface area contributed by atoms with Crippen LogP contribution in [0.25, 0.3) is 0 Å². The number of rotatable bonds is 40. The second-order valence-corrected chi connectivity index (χ2v) is 19.7. The molecule has 0 aromatic carbocycles. The van der Waals surface area contributed by atoms with Crippen molar-refractivity contribution in [3.63, 3.8) is 0 Å². The zero-order valence-corrected chi connectivity index (χ0v) is 43.4. The molecule has 1 fully saturated rings. The molecule has 0 amide bonds. The lowest BCUT2D eigenvalue weighted by atomic mass is 9.85. The molecule has 71 heavy (non-hydrogen) atoms. The van der Waals surface area contributed by atoms with Crippen molar-refractivity contribution < 1.29 is 87.1 Å². The summed E-state index contributed by atoms with van der Waals surface area (Å²) in [6, 6.07) is 0. The molecule has 0 radical (unpaired) electrons. The van der Waals surface area contributed by atoms with Gasteiger partial charge in [0.2, 0.25) is 0 Å². The predicted molar refractivity (Wildman–Crippen MR) is 271 cm³/mol. The minimum Gasteiger partial charge on any atom is -0.462 e. The molecule has 1 aliphatic rings. The van der Waals surface area contributed by atoms with Crippen molar-refractivity contribution in [1.29, 1.82) is 0 Å². The number of allylic oxidation sites excluding steroid dienone is 15. The Labute approximate surface area is 421 Å². The number of phosphoric ester groups is 2. The summed E-state index contributed by atoms with van der Waals surface area (Å²) in [4.78, 5) is 54.4. The van der Waals surface area contributed by atoms with Gasteiger partial charge in [-0.25, -0.2) is 9.13 Å². The summed E-state index contributed by atoms with van der Waals surface area (Å²) in [5, 5.41) is 62.1. The van der Waals surface area contributed by atoms with Gasteiger partial charge >= 0.3 is 27.6 Å². The summed E-state index contributed by atoms with van der Waals surface area (Å²) in [6.45, 7) is 2.74. The van der Waals surface area contributed by atoms with Crippen LogP contribution in [0.4, 0.5) is 0 Å². The van der Waals surface area contributed by atoms with Gasteiger partial charge in [0.25, 0.3) is 0 Å². The number of hydrogen-bond donors (Lipinski definition) is 9. The maximum Gasteiger partial charge on any atom is 0.472 e. The monoisotopic (exact) mass is 1050 g/mol. The third-order valence-corrected chi connectivity index (χ3v) is 12.3. The lowest BCUT2D eigenvalue weighted by Crippen LogP contribution is -2.64. The molecule has 18 nitrogen and oxygen atoms in total. The second kappa shape index (κ2) is 40.3. The number of carbonyl (C=O) groups excluding carboxylic acids is 2. The van der Waals surface area contributed by atoms with Gasteiger partial charge in [0.15, 0.2) is 6.10 Å². The van der Waals surface area contributed by atoms with Crippen LogP contribution in [0.2, 0.25) is 0 Å². The third-order valence-electron chi connectivity index (χ3n) is 10.8. The van der Waals surface area contributed by atoms with Gasteiger partial charge in [0, 0.05) is 12.8 Å². The van der Waals surface area contributed by atoms with E-state index in [1.54, 1.807) is 12.2 Å². The van der Waals surface area contributed by atoms with Gasteiger partial charge in [-0.1, -0.05) is 137 Å². The zero-order valence-electron chi connectivity index (χ0n) is 41.6. The van der Waals surface area contributed by atoms with Crippen molar-refractivity contribution in [2.45, 2.75) is 197 Å². The maximum absolute atomic E-state index is 13.0. The molecule has 9 N–H and O–H groups in total. The molecule has 7 unspecified atom stereocenters. The van der Waals surface area contributed by atoms with E-state index in [1.807, 2.05) is 30.4 Å². The first-order valence-electron chi connectivity index (χ1n) is 24.9. The first-order chi connectivity index (χ1) is 33.9. The first-order valence-corrected chi connectivity index (χ1v) is 28.0. The van der Waals surface area contributed by atoms with Crippen LogP contribution in [-0.4, -0.2) is 125 Å². The van der Waals surface area contributed by atoms with Gasteiger partial charge in [-0.2, -0.15) is 0 Å². The molecule has 1 aliphatic carbocycles. The van der Waals surface area contributed by atoms with Gasteiger partial charge in [0.05, 0.1) is 18.8 Å². The summed E-state index contributed by atoms with van der Waals surface area (Å²) in [6.07, 6.45) is 29.5. The Hall–Kier alpha value is -3.16. The lowest BCUT2D eigenvalue weighted by molar-refractivity contribution is -0.216. The summed E-state index contributed by atoms with van der Waals surface area (Å²) >= 11 is 0. The topological polar surface area (TPSA) is 296 Å². The van der Waals surface area contributed by atoms with E-state index in [-0.39, 0.29) is 38.5 Å². The quantitative estimate of drug-likeness (QED) is 0.0122. The Bertz CT molecular complexity index is 1770. The highest BCUT2D eigenvalue weighted by atomic mass is 31.2. The van der Waals surface area contributed by atoms with Crippen molar-refractivity contribution in [3.05, 3.63) is 97.2 Å². The van der Waals surface area contributed by atoms with Crippen LogP contribution in [-0.2, 0) is 41.8 Å². The highest BCUT2D eigenvalue weighted by Gasteiger charge is 2.54. The molecule has 20 heteroatoms. The molecule has 1 saturated carbocycles. The van der Waals surface area contributed by atoms with Crippen LogP contribution < -0.4 is 0 Å². The van der Waals surface area contributed by atoms with E-state index in [2.05, 4.69) is 73.1 Å². The second-order valence-electron chi connectivity index (χ2n) is 17.1. The number of hydrogen-bond acceptors (Lipinski definition) is 15. The number of aliphatic hydroxyl groups is 6. The number of unbranched alkanes of at least 4 members (excludes halogenated alkanes) is 6. The predicted octanol–water partition coefficient (Wildman–Crippen LogP) is 7.89. The fraction of sp³-hybridized carbons (Fsp3) is 0.647. The van der Waals surface area contributed by atoms with E-state index in [9.17, 15) is 64.0 Å². The van der Waals surface area contributed by atoms with E-state index >= 15 is 0 Å². The van der Waals surface area contributed by atoms with E-state index in [0.29, 0.717) is 12.8 Å². The molecule has 0 saturated heterocycles. The Kier molecular flexibility index (Phi) is 37.3. The largest absolute Gasteiger partial charge is 0.472 e. The molecule has 0 aromatic heterocycles. The van der Waals surface area contributed by atoms with Crippen LogP contribution in [0.15, 0.2) is 97.2 Å². The normalized spacial score (nSPS) is 22.6. The third kappa shape index (κ3) is 34.1. The average Bonchev–Trinajstić information content (AvgIpc) is 3.32. The molecule has 1 rings (SSSR count). The highest BCUT2D eigenvalue weighted by Crippen LogP contribution is 2.49. The maximum atomic E-state index is 13.0. The van der Waals surface area contributed by atoms with E-state index in [0.717, 1.165) is 38.5 Å². The molecule has 0 aromatic rings. The molecular formula is C51H84O18P2. The van der Waals surface area contributed by atoms with Gasteiger partial charge in [-0.15, -0.1) is 0 Å². The standard InChI is InChI=1S/C51H84O18P2/c1-3-5-7-9-11-13-15-17-18-19-20-21-22-23-25-27-29-31-33-37-45(55)67-41(40-66-71(63,64)69-51-48(58)46(56)47(57)50(49(51)59)68-70(60,61)62)39-65-44(54)38-34-36-43(53)42(52)35-32-30-28-26-24-16-14-12-10-8-6-4-2/h11-14,17-18,20-21,23-26,29-32,41-43,46-53,56-59H,3-10,15-16,19,22,27-28,33-40H2,1-2H3,(H,63,64)(H2,60,61,62)/b13-11-,14-12-,18-17-,21-20-,25-23-,26-24-,31-29-,32-30-/t41-,42?,43?,46?,47?,48?,49?,50-,51+/m1/s1. The Morgan fingerprint density at radius 2 is 0.958 bits per heavy atom. The summed E-state index contributed by atoms with van der Waals surface area (Å²) < 4.78 is 49.1. The fourth-order valence-corrected chi connectivity index (χ4v) is 8.36. The number of esters is 2. The van der Waals surface area contributed by atoms with Gasteiger partial charge in [-0.3, -0.25) is 23.2 Å². The van der Waals surface area contributed by atoms with Gasteiger partial charge in [-0.05, 0) is 89.9 Å². The number of aliphatic hydroxyl groups excluding tert-OH is 6. The van der Waals surface area contributed by atoms with Gasteiger partial charge in [0.1, 0.15) is 43.2 Å². The molecule has 0 aliphatic heterocycles. The molecule has 0 bridgehead atoms. The SMILES string of the molecule is CCCCC/C=C\C/C=C\C/C=C\C/C=C\C/C=C\CCC(=O)O[C@H](COC(=O)CCCC(O)C(O)C/C=C\C/C=C\C/C=C\CCCCC)COP(=O)(O)O[C@H]1C(O)C(O)C(O)[C@@H](OP(=O)(O)O)C1O. The Balaban J connectivity index is 2.74. The molecule has 406 valence electrons. The van der Waals surface area contributed by atoms with Crippen molar-refractivity contribution in [1.82, 2.24) is 0 Å². The molecule has 0 spiro atoms. The van der Waals surface area contributed by atoms with E-state index in [1.165, 1.54) is 38.5 Å². The number of carbonyl (C=O) groups is 2. The van der Waals surface area contributed by atoms with E-state index in [4.69, 9.17) is 18.5 Å². The van der Waals surface area contributed by atoms with Crippen LogP contribution >= 0.6 is 15.6 Å². The highest BCUT2D eigenvalue weighted by molar-refractivity contribution is 7.47. The number of ether oxygens (including phenoxy) is 2. The average molecular weight is 1050 g/mol. The Morgan fingerprint density at radius 1 is 0.507 bits per heavy atom. The summed E-state index contributed by atoms with van der Waals surface area (Å²) in [5.41, 5.74) is 0. The molecule has 0 heterocycles. The molecule has 10 atom stereocenters. The van der Waals surface area contributed by atoms with Crippen molar-refractivity contribution in [2.24, 2.45) is 0 Å². The zero-order chi connectivity index (χ0) is 52.8. The van der Waals surface area contributed by atoms with Crippen LogP contribution in [0, 0.1) is 0 Å². The van der Waals surface area contributed by atoms with Gasteiger partial charge < -0.3 is 54.8 Å². The smallest absolute Gasteiger partial charge is 0.462 e. The van der Waals surface area contributed by atoms with Crippen molar-refractivity contribution in [3.8, 4) is 0 Å². The van der Waals surface area contributed by atoms with Crippen molar-refractivity contribution in [2.75, 3.05) is 13.2 Å². The number of phosphoric acid groups is 2. The van der Waals surface area contributed by atoms with Crippen LogP contribution in [0.5, 0.6) is 0 Å². The minimum absolute atomic E-state index is 0.0573. The summed E-state index contributed by atoms with van der Waals surface area (Å²) in [5.74, 6) is -1.60. The fourth-order valence-electron chi connectivity index (χ4n) is 6.82.